The van der Waals surface area contributed by atoms with Crippen molar-refractivity contribution >= 4 is 12.0 Å². The van der Waals surface area contributed by atoms with Gasteiger partial charge in [-0.05, 0) is 52.8 Å². The summed E-state index contributed by atoms with van der Waals surface area (Å²) in [6.07, 6.45) is 1.89. The van der Waals surface area contributed by atoms with E-state index >= 15 is 0 Å². The molecule has 0 aromatic heterocycles. The quantitative estimate of drug-likeness (QED) is 0.872. The number of ether oxygens (including phenoxy) is 1. The summed E-state index contributed by atoms with van der Waals surface area (Å²) in [6, 6.07) is 10.9. The van der Waals surface area contributed by atoms with Crippen molar-refractivity contribution < 1.29 is 9.53 Å². The number of carbonyl (C=O) groups is 1. The first-order valence-corrected chi connectivity index (χ1v) is 7.78. The van der Waals surface area contributed by atoms with E-state index in [0.29, 0.717) is 24.8 Å². The van der Waals surface area contributed by atoms with Gasteiger partial charge in [0.15, 0.2) is 0 Å². The van der Waals surface area contributed by atoms with E-state index in [4.69, 9.17) is 4.74 Å². The highest BCUT2D eigenvalue weighted by atomic mass is 16.5. The Bertz CT molecular complexity index is 716. The van der Waals surface area contributed by atoms with Gasteiger partial charge in [-0.2, -0.15) is 0 Å². The topological polar surface area (TPSA) is 38.3 Å². The van der Waals surface area contributed by atoms with Crippen LogP contribution >= 0.6 is 0 Å². The van der Waals surface area contributed by atoms with Gasteiger partial charge in [0.1, 0.15) is 5.70 Å². The second-order valence-electron chi connectivity index (χ2n) is 5.90. The third-order valence-electron chi connectivity index (χ3n) is 4.09. The predicted molar refractivity (Wildman–Crippen MR) is 88.6 cm³/mol. The van der Waals surface area contributed by atoms with E-state index in [9.17, 15) is 4.79 Å². The predicted octanol–water partition coefficient (Wildman–Crippen LogP) is 3.92. The van der Waals surface area contributed by atoms with E-state index in [0.717, 1.165) is 5.56 Å². The fraction of sp³-hybridized carbons (Fsp3) is 0.316. The minimum absolute atomic E-state index is 0.285. The fourth-order valence-corrected chi connectivity index (χ4v) is 2.88. The highest BCUT2D eigenvalue weighted by Crippen LogP contribution is 2.35. The highest BCUT2D eigenvalue weighted by Gasteiger charge is 2.21. The van der Waals surface area contributed by atoms with Crippen molar-refractivity contribution in [3.63, 3.8) is 0 Å². The summed E-state index contributed by atoms with van der Waals surface area (Å²) in [7, 11) is 0. The first-order valence-electron chi connectivity index (χ1n) is 7.78. The molecule has 0 aromatic carbocycles. The molecule has 0 saturated carbocycles. The van der Waals surface area contributed by atoms with Crippen molar-refractivity contribution in [3.05, 3.63) is 52.7 Å². The van der Waals surface area contributed by atoms with Crippen LogP contribution in [-0.2, 0) is 16.1 Å². The van der Waals surface area contributed by atoms with Crippen LogP contribution in [0, 0.1) is 0 Å². The Hall–Kier alpha value is -2.29. The second-order valence-corrected chi connectivity index (χ2v) is 5.90. The monoisotopic (exact) mass is 295 g/mol. The first-order chi connectivity index (χ1) is 10.6. The lowest BCUT2D eigenvalue weighted by molar-refractivity contribution is -0.138. The zero-order chi connectivity index (χ0) is 15.7. The summed E-state index contributed by atoms with van der Waals surface area (Å²) in [5.74, 6) is 0.207. The minimum Gasteiger partial charge on any atom is -0.461 e. The van der Waals surface area contributed by atoms with E-state index in [1.54, 1.807) is 0 Å². The maximum absolute atomic E-state index is 11.9. The third-order valence-corrected chi connectivity index (χ3v) is 4.09. The van der Waals surface area contributed by atoms with Gasteiger partial charge in [0, 0.05) is 6.54 Å². The molecule has 0 radical (unpaired) electrons. The van der Waals surface area contributed by atoms with Gasteiger partial charge in [-0.1, -0.05) is 38.1 Å². The minimum atomic E-state index is -0.285. The molecule has 3 rings (SSSR count). The number of esters is 1. The molecule has 1 heterocycles. The molecule has 3 nitrogen and oxygen atoms in total. The van der Waals surface area contributed by atoms with Gasteiger partial charge in [0.25, 0.3) is 0 Å². The van der Waals surface area contributed by atoms with E-state index in [1.807, 2.05) is 13.0 Å². The van der Waals surface area contributed by atoms with Crippen molar-refractivity contribution in [2.24, 2.45) is 0 Å². The average Bonchev–Trinajstić information content (AvgIpc) is 2.69. The van der Waals surface area contributed by atoms with Crippen LogP contribution < -0.4 is 5.32 Å². The summed E-state index contributed by atoms with van der Waals surface area (Å²) < 4.78 is 5.07. The van der Waals surface area contributed by atoms with Crippen molar-refractivity contribution in [2.45, 2.75) is 33.2 Å². The molecule has 0 atom stereocenters. The largest absolute Gasteiger partial charge is 0.461 e. The Morgan fingerprint density at radius 3 is 2.86 bits per heavy atom. The number of hydrogen-bond acceptors (Lipinski definition) is 3. The molecule has 0 spiro atoms. The number of rotatable bonds is 3. The molecule has 0 unspecified atom stereocenters. The van der Waals surface area contributed by atoms with Gasteiger partial charge in [-0.25, -0.2) is 4.79 Å². The van der Waals surface area contributed by atoms with Gasteiger partial charge < -0.3 is 10.1 Å². The molecule has 0 amide bonds. The van der Waals surface area contributed by atoms with Crippen molar-refractivity contribution in [1.29, 1.82) is 0 Å². The van der Waals surface area contributed by atoms with Gasteiger partial charge in [0.2, 0.25) is 0 Å². The summed E-state index contributed by atoms with van der Waals surface area (Å²) >= 11 is 0. The fourth-order valence-electron chi connectivity index (χ4n) is 2.88. The maximum atomic E-state index is 11.9. The van der Waals surface area contributed by atoms with Crippen molar-refractivity contribution in [1.82, 2.24) is 5.32 Å². The lowest BCUT2D eigenvalue weighted by Gasteiger charge is -2.16. The third kappa shape index (κ3) is 2.59. The molecule has 0 saturated heterocycles. The smallest absolute Gasteiger partial charge is 0.354 e. The Labute approximate surface area is 131 Å². The molecule has 22 heavy (non-hydrogen) atoms. The Balaban J connectivity index is 2.05. The molecule has 3 heteroatoms. The van der Waals surface area contributed by atoms with E-state index in [2.05, 4.69) is 49.5 Å². The van der Waals surface area contributed by atoms with E-state index in [1.165, 1.54) is 22.3 Å². The number of fused-ring (bicyclic) bond motifs is 3. The number of nitrogens with one attached hydrogen (secondary N) is 1. The summed E-state index contributed by atoms with van der Waals surface area (Å²) in [5, 5.41) is 3.17. The normalized spacial score (nSPS) is 13.5. The van der Waals surface area contributed by atoms with Crippen molar-refractivity contribution in [3.8, 4) is 11.1 Å². The second kappa shape index (κ2) is 5.84. The molecule has 1 N–H and O–H groups in total. The summed E-state index contributed by atoms with van der Waals surface area (Å²) in [5.41, 5.74) is 6.68. The van der Waals surface area contributed by atoms with Crippen LogP contribution in [-0.4, -0.2) is 12.6 Å². The summed E-state index contributed by atoms with van der Waals surface area (Å²) in [6.45, 7) is 7.26. The van der Waals surface area contributed by atoms with E-state index in [-0.39, 0.29) is 5.97 Å². The first kappa shape index (κ1) is 14.6. The molecule has 3 aliphatic rings. The Kier molecular flexibility index (Phi) is 3.88. The lowest BCUT2D eigenvalue weighted by Crippen LogP contribution is -2.24. The zero-order valence-corrected chi connectivity index (χ0v) is 13.3. The standard InChI is InChI=1S/C19H21NO2/c1-4-22-19(21)18-10-15-9-14-8-13(12(2)3)6-5-7-16(14)17(15)11-20-18/h5-10,12,20H,4,11H2,1-3H3. The average molecular weight is 295 g/mol. The Morgan fingerprint density at radius 1 is 1.32 bits per heavy atom. The summed E-state index contributed by atoms with van der Waals surface area (Å²) in [4.78, 5) is 11.9. The molecule has 0 bridgehead atoms. The van der Waals surface area contributed by atoms with Crippen LogP contribution in [0.25, 0.3) is 17.2 Å². The van der Waals surface area contributed by atoms with Crippen LogP contribution in [0.15, 0.2) is 36.0 Å². The SMILES string of the molecule is CCOC(=O)C1=Cc2cc3cc(C(C)C)cccc-3c2CN1. The van der Waals surface area contributed by atoms with Crippen LogP contribution in [0.2, 0.25) is 0 Å². The molecule has 1 aliphatic heterocycles. The molecule has 0 fully saturated rings. The number of carbonyl (C=O) groups excluding carboxylic acids is 1. The van der Waals surface area contributed by atoms with Gasteiger partial charge in [-0.15, -0.1) is 0 Å². The number of hydrogen-bond donors (Lipinski definition) is 1. The van der Waals surface area contributed by atoms with Gasteiger partial charge >= 0.3 is 5.97 Å². The molecular weight excluding hydrogens is 274 g/mol. The zero-order valence-electron chi connectivity index (χ0n) is 13.3. The Morgan fingerprint density at radius 2 is 2.14 bits per heavy atom. The van der Waals surface area contributed by atoms with E-state index < -0.39 is 0 Å². The molecule has 2 aliphatic carbocycles. The molecule has 114 valence electrons. The van der Waals surface area contributed by atoms with Crippen LogP contribution in [0.4, 0.5) is 0 Å². The molecular formula is C19H21NO2. The van der Waals surface area contributed by atoms with Gasteiger partial charge in [-0.3, -0.25) is 0 Å². The van der Waals surface area contributed by atoms with Crippen LogP contribution in [0.5, 0.6) is 0 Å². The van der Waals surface area contributed by atoms with Crippen LogP contribution in [0.1, 0.15) is 43.4 Å². The highest BCUT2D eigenvalue weighted by molar-refractivity contribution is 5.95. The van der Waals surface area contributed by atoms with Crippen LogP contribution in [0.3, 0.4) is 0 Å². The lowest BCUT2D eigenvalue weighted by atomic mass is 10.0. The maximum Gasteiger partial charge on any atom is 0.354 e. The van der Waals surface area contributed by atoms with Crippen molar-refractivity contribution in [2.75, 3.05) is 6.61 Å². The van der Waals surface area contributed by atoms with Gasteiger partial charge in [0.05, 0.1) is 6.61 Å². The molecule has 0 aromatic rings.